The molecule has 4 nitrogen and oxygen atoms in total. The fraction of sp³-hybridized carbons (Fsp3) is 0.636. The van der Waals surface area contributed by atoms with E-state index in [4.69, 9.17) is 4.74 Å². The van der Waals surface area contributed by atoms with Crippen LogP contribution >= 0.6 is 11.8 Å². The highest BCUT2D eigenvalue weighted by atomic mass is 32.2. The molecule has 0 atom stereocenters. The van der Waals surface area contributed by atoms with Crippen LogP contribution in [-0.4, -0.2) is 34.6 Å². The maximum atomic E-state index is 5.15. The summed E-state index contributed by atoms with van der Waals surface area (Å²) in [4.78, 5) is 8.26. The normalized spacial score (nSPS) is 11.3. The van der Waals surface area contributed by atoms with Gasteiger partial charge in [-0.05, 0) is 27.0 Å². The van der Waals surface area contributed by atoms with Gasteiger partial charge in [-0.25, -0.2) is 9.97 Å². The monoisotopic (exact) mass is 241 g/mol. The van der Waals surface area contributed by atoms with Crippen molar-refractivity contribution in [3.63, 3.8) is 0 Å². The summed E-state index contributed by atoms with van der Waals surface area (Å²) in [6, 6.07) is 0. The number of methoxy groups -OCH3 is 1. The third kappa shape index (κ3) is 3.27. The Balaban J connectivity index is 2.75. The number of aromatic nitrogens is 2. The zero-order valence-electron chi connectivity index (χ0n) is 10.5. The van der Waals surface area contributed by atoms with Gasteiger partial charge in [0.25, 0.3) is 0 Å². The Morgan fingerprint density at radius 1 is 1.44 bits per heavy atom. The van der Waals surface area contributed by atoms with Crippen molar-refractivity contribution in [2.45, 2.75) is 25.5 Å². The summed E-state index contributed by atoms with van der Waals surface area (Å²) in [5.74, 6) is 1.47. The molecule has 0 spiro atoms. The van der Waals surface area contributed by atoms with Gasteiger partial charge in [0.1, 0.15) is 12.1 Å². The summed E-state index contributed by atoms with van der Waals surface area (Å²) in [6.07, 6.45) is 3.62. The van der Waals surface area contributed by atoms with Crippen molar-refractivity contribution in [3.8, 4) is 5.88 Å². The van der Waals surface area contributed by atoms with E-state index in [9.17, 15) is 0 Å². The predicted octanol–water partition coefficient (Wildman–Crippen LogP) is 2.35. The Hall–Kier alpha value is -0.970. The van der Waals surface area contributed by atoms with Crippen molar-refractivity contribution < 1.29 is 4.74 Å². The molecule has 0 bridgehead atoms. The molecule has 0 amide bonds. The van der Waals surface area contributed by atoms with Crippen molar-refractivity contribution in [1.29, 1.82) is 0 Å². The summed E-state index contributed by atoms with van der Waals surface area (Å²) < 4.78 is 5.33. The van der Waals surface area contributed by atoms with E-state index in [0.29, 0.717) is 5.88 Å². The first-order valence-corrected chi connectivity index (χ1v) is 6.37. The van der Waals surface area contributed by atoms with Crippen LogP contribution in [0.4, 0.5) is 5.82 Å². The number of anilines is 1. The summed E-state index contributed by atoms with van der Waals surface area (Å²) in [5.41, 5.74) is 0.946. The fourth-order valence-electron chi connectivity index (χ4n) is 1.19. The lowest BCUT2D eigenvalue weighted by Gasteiger charge is -2.23. The second kappa shape index (κ2) is 5.39. The quantitative estimate of drug-likeness (QED) is 0.857. The predicted molar refractivity (Wildman–Crippen MR) is 69.4 cm³/mol. The second-order valence-electron chi connectivity index (χ2n) is 4.17. The van der Waals surface area contributed by atoms with Gasteiger partial charge in [-0.2, -0.15) is 11.8 Å². The van der Waals surface area contributed by atoms with Crippen LogP contribution in [0.25, 0.3) is 0 Å². The zero-order valence-corrected chi connectivity index (χ0v) is 11.3. The first-order chi connectivity index (χ1) is 7.50. The average molecular weight is 241 g/mol. The lowest BCUT2D eigenvalue weighted by atomic mass is 10.2. The van der Waals surface area contributed by atoms with Gasteiger partial charge in [0, 0.05) is 11.3 Å². The molecule has 0 radical (unpaired) electrons. The largest absolute Gasteiger partial charge is 0.481 e. The van der Waals surface area contributed by atoms with Gasteiger partial charge in [0.05, 0.1) is 12.7 Å². The molecule has 0 saturated carbocycles. The van der Waals surface area contributed by atoms with E-state index >= 15 is 0 Å². The molecule has 16 heavy (non-hydrogen) atoms. The topological polar surface area (TPSA) is 47.0 Å². The Kier molecular flexibility index (Phi) is 4.41. The first kappa shape index (κ1) is 13.1. The fourth-order valence-corrected chi connectivity index (χ4v) is 1.40. The van der Waals surface area contributed by atoms with Crippen LogP contribution in [-0.2, 0) is 0 Å². The van der Waals surface area contributed by atoms with Crippen LogP contribution in [0.1, 0.15) is 19.4 Å². The molecule has 1 heterocycles. The Morgan fingerprint density at radius 2 is 2.12 bits per heavy atom. The summed E-state index contributed by atoms with van der Waals surface area (Å²) in [5, 5.41) is 3.33. The lowest BCUT2D eigenvalue weighted by Crippen LogP contribution is -2.26. The van der Waals surface area contributed by atoms with E-state index in [2.05, 4.69) is 35.4 Å². The number of nitrogens with one attached hydrogen (secondary N) is 1. The highest BCUT2D eigenvalue weighted by molar-refractivity contribution is 7.99. The summed E-state index contributed by atoms with van der Waals surface area (Å²) >= 11 is 1.82. The Bertz CT molecular complexity index is 355. The Labute approximate surface area is 101 Å². The molecular formula is C11H19N3OS. The molecule has 0 aromatic carbocycles. The van der Waals surface area contributed by atoms with Crippen LogP contribution in [0.3, 0.4) is 0 Å². The number of rotatable bonds is 5. The van der Waals surface area contributed by atoms with Gasteiger partial charge in [0.2, 0.25) is 5.88 Å². The maximum Gasteiger partial charge on any atom is 0.221 e. The van der Waals surface area contributed by atoms with E-state index in [1.165, 1.54) is 6.33 Å². The van der Waals surface area contributed by atoms with E-state index in [1.54, 1.807) is 7.11 Å². The molecule has 1 aromatic heterocycles. The van der Waals surface area contributed by atoms with Crippen LogP contribution in [0.2, 0.25) is 0 Å². The molecule has 5 heteroatoms. The van der Waals surface area contributed by atoms with E-state index in [0.717, 1.165) is 17.9 Å². The lowest BCUT2D eigenvalue weighted by molar-refractivity contribution is 0.393. The van der Waals surface area contributed by atoms with Crippen molar-refractivity contribution in [3.05, 3.63) is 11.9 Å². The average Bonchev–Trinajstić information content (AvgIpc) is 2.28. The standard InChI is InChI=1S/C11H19N3OS/c1-8-9(12-6-11(2,3)16-5)13-7-14-10(8)15-4/h7H,6H2,1-5H3,(H,12,13,14). The van der Waals surface area contributed by atoms with Gasteiger partial charge < -0.3 is 10.1 Å². The Morgan fingerprint density at radius 3 is 2.69 bits per heavy atom. The van der Waals surface area contributed by atoms with Gasteiger partial charge in [0.15, 0.2) is 0 Å². The van der Waals surface area contributed by atoms with Gasteiger partial charge in [-0.1, -0.05) is 0 Å². The van der Waals surface area contributed by atoms with Crippen molar-refractivity contribution in [1.82, 2.24) is 9.97 Å². The van der Waals surface area contributed by atoms with Gasteiger partial charge in [-0.15, -0.1) is 0 Å². The van der Waals surface area contributed by atoms with E-state index in [-0.39, 0.29) is 4.75 Å². The molecule has 1 rings (SSSR count). The van der Waals surface area contributed by atoms with Gasteiger partial charge >= 0.3 is 0 Å². The molecule has 0 fully saturated rings. The van der Waals surface area contributed by atoms with Gasteiger partial charge in [-0.3, -0.25) is 0 Å². The van der Waals surface area contributed by atoms with Crippen LogP contribution < -0.4 is 10.1 Å². The van der Waals surface area contributed by atoms with Crippen LogP contribution in [0, 0.1) is 6.92 Å². The molecular weight excluding hydrogens is 222 g/mol. The number of ether oxygens (including phenoxy) is 1. The van der Waals surface area contributed by atoms with E-state index in [1.807, 2.05) is 18.7 Å². The zero-order chi connectivity index (χ0) is 12.2. The summed E-state index contributed by atoms with van der Waals surface area (Å²) in [7, 11) is 1.62. The molecule has 1 N–H and O–H groups in total. The minimum atomic E-state index is 0.185. The molecule has 0 aliphatic heterocycles. The molecule has 0 saturated heterocycles. The minimum absolute atomic E-state index is 0.185. The second-order valence-corrected chi connectivity index (χ2v) is 5.69. The minimum Gasteiger partial charge on any atom is -0.481 e. The highest BCUT2D eigenvalue weighted by Crippen LogP contribution is 2.24. The van der Waals surface area contributed by atoms with Crippen LogP contribution in [0.5, 0.6) is 5.88 Å². The molecule has 0 aliphatic carbocycles. The van der Waals surface area contributed by atoms with Crippen molar-refractivity contribution in [2.75, 3.05) is 25.2 Å². The van der Waals surface area contributed by atoms with Crippen LogP contribution in [0.15, 0.2) is 6.33 Å². The number of thioether (sulfide) groups is 1. The maximum absolute atomic E-state index is 5.15. The first-order valence-electron chi connectivity index (χ1n) is 5.15. The molecule has 90 valence electrons. The third-order valence-electron chi connectivity index (χ3n) is 2.47. The number of nitrogens with zero attached hydrogens (tertiary/aromatic N) is 2. The smallest absolute Gasteiger partial charge is 0.221 e. The summed E-state index contributed by atoms with van der Waals surface area (Å²) in [6.45, 7) is 7.19. The number of hydrogen-bond acceptors (Lipinski definition) is 5. The number of hydrogen-bond donors (Lipinski definition) is 1. The van der Waals surface area contributed by atoms with E-state index < -0.39 is 0 Å². The molecule has 0 unspecified atom stereocenters. The highest BCUT2D eigenvalue weighted by Gasteiger charge is 2.16. The van der Waals surface area contributed by atoms with Crippen molar-refractivity contribution in [2.24, 2.45) is 0 Å². The third-order valence-corrected chi connectivity index (χ3v) is 3.71. The SMILES string of the molecule is COc1ncnc(NCC(C)(C)SC)c1C. The molecule has 0 aliphatic rings. The van der Waals surface area contributed by atoms with Crippen molar-refractivity contribution >= 4 is 17.6 Å². The molecule has 1 aromatic rings.